The van der Waals surface area contributed by atoms with Gasteiger partial charge in [-0.15, -0.1) is 0 Å². The van der Waals surface area contributed by atoms with E-state index in [1.807, 2.05) is 0 Å². The molecule has 23 heavy (non-hydrogen) atoms. The quantitative estimate of drug-likeness (QED) is 0.256. The lowest BCUT2D eigenvalue weighted by atomic mass is 10.1. The number of aliphatic hydroxyl groups is 1. The molecule has 0 unspecified atom stereocenters. The first-order valence-electron chi connectivity index (χ1n) is 10.1. The first-order valence-corrected chi connectivity index (χ1v) is 10.1. The summed E-state index contributed by atoms with van der Waals surface area (Å²) >= 11 is 0. The van der Waals surface area contributed by atoms with Gasteiger partial charge in [0.05, 0.1) is 6.61 Å². The summed E-state index contributed by atoms with van der Waals surface area (Å²) in [5, 5.41) is 8.68. The molecule has 0 saturated heterocycles. The van der Waals surface area contributed by atoms with Gasteiger partial charge in [-0.25, -0.2) is 0 Å². The minimum absolute atomic E-state index is 0.0115. The molecular formula is C20H40O3. The monoisotopic (exact) mass is 328 g/mol. The van der Waals surface area contributed by atoms with Crippen molar-refractivity contribution in [1.29, 1.82) is 0 Å². The molecule has 3 nitrogen and oxygen atoms in total. The van der Waals surface area contributed by atoms with Crippen LogP contribution in [0, 0.1) is 0 Å². The fraction of sp³-hybridized carbons (Fsp3) is 0.950. The Morgan fingerprint density at radius 2 is 1.17 bits per heavy atom. The summed E-state index contributed by atoms with van der Waals surface area (Å²) in [4.78, 5) is 11.6. The van der Waals surface area contributed by atoms with Crippen molar-refractivity contribution in [1.82, 2.24) is 0 Å². The van der Waals surface area contributed by atoms with E-state index in [0.29, 0.717) is 19.6 Å². The van der Waals surface area contributed by atoms with Gasteiger partial charge in [-0.05, 0) is 19.3 Å². The Labute approximate surface area is 144 Å². The second-order valence-corrected chi connectivity index (χ2v) is 6.64. The van der Waals surface area contributed by atoms with Gasteiger partial charge in [0.15, 0.2) is 0 Å². The molecule has 0 aliphatic carbocycles. The molecule has 0 fully saturated rings. The topological polar surface area (TPSA) is 46.5 Å². The van der Waals surface area contributed by atoms with Crippen molar-refractivity contribution in [3.05, 3.63) is 0 Å². The van der Waals surface area contributed by atoms with E-state index >= 15 is 0 Å². The third kappa shape index (κ3) is 19.4. The Balaban J connectivity index is 3.13. The lowest BCUT2D eigenvalue weighted by Gasteiger charge is -2.05. The number of aliphatic hydroxyl groups excluding tert-OH is 1. The molecule has 0 aromatic carbocycles. The van der Waals surface area contributed by atoms with Crippen LogP contribution in [-0.4, -0.2) is 24.3 Å². The maximum Gasteiger partial charge on any atom is 0.305 e. The molecule has 0 saturated carbocycles. The first kappa shape index (κ1) is 22.4. The van der Waals surface area contributed by atoms with Crippen molar-refractivity contribution in [3.63, 3.8) is 0 Å². The van der Waals surface area contributed by atoms with Crippen LogP contribution < -0.4 is 0 Å². The normalized spacial score (nSPS) is 10.9. The largest absolute Gasteiger partial charge is 0.466 e. The fourth-order valence-electron chi connectivity index (χ4n) is 2.76. The predicted molar refractivity (Wildman–Crippen MR) is 97.6 cm³/mol. The van der Waals surface area contributed by atoms with Gasteiger partial charge >= 0.3 is 5.97 Å². The van der Waals surface area contributed by atoms with E-state index in [9.17, 15) is 4.79 Å². The van der Waals surface area contributed by atoms with Crippen LogP contribution in [0.25, 0.3) is 0 Å². The van der Waals surface area contributed by atoms with Gasteiger partial charge < -0.3 is 9.84 Å². The second kappa shape index (κ2) is 19.5. The first-order chi connectivity index (χ1) is 11.3. The van der Waals surface area contributed by atoms with E-state index in [1.54, 1.807) is 0 Å². The number of hydrogen-bond donors (Lipinski definition) is 1. The molecular weight excluding hydrogens is 288 g/mol. The number of rotatable bonds is 18. The zero-order valence-corrected chi connectivity index (χ0v) is 15.5. The van der Waals surface area contributed by atoms with Gasteiger partial charge in [-0.1, -0.05) is 84.0 Å². The van der Waals surface area contributed by atoms with Crippen molar-refractivity contribution in [2.75, 3.05) is 13.2 Å². The molecule has 0 amide bonds. The van der Waals surface area contributed by atoms with E-state index < -0.39 is 0 Å². The highest BCUT2D eigenvalue weighted by Gasteiger charge is 2.02. The number of carbonyl (C=O) groups excluding carboxylic acids is 1. The molecule has 0 aliphatic heterocycles. The van der Waals surface area contributed by atoms with Crippen molar-refractivity contribution < 1.29 is 14.6 Å². The van der Waals surface area contributed by atoms with Gasteiger partial charge in [0, 0.05) is 13.0 Å². The Morgan fingerprint density at radius 1 is 0.696 bits per heavy atom. The number of esters is 1. The van der Waals surface area contributed by atoms with E-state index in [-0.39, 0.29) is 5.97 Å². The highest BCUT2D eigenvalue weighted by molar-refractivity contribution is 5.69. The molecule has 0 radical (unpaired) electrons. The van der Waals surface area contributed by atoms with Crippen molar-refractivity contribution >= 4 is 5.97 Å². The van der Waals surface area contributed by atoms with E-state index in [4.69, 9.17) is 9.84 Å². The Kier molecular flexibility index (Phi) is 19.0. The van der Waals surface area contributed by atoms with E-state index in [2.05, 4.69) is 6.92 Å². The third-order valence-electron chi connectivity index (χ3n) is 4.30. The van der Waals surface area contributed by atoms with Crippen molar-refractivity contribution in [3.8, 4) is 0 Å². The molecule has 0 rings (SSSR count). The molecule has 1 N–H and O–H groups in total. The van der Waals surface area contributed by atoms with E-state index in [0.717, 1.165) is 38.5 Å². The summed E-state index contributed by atoms with van der Waals surface area (Å²) in [6.45, 7) is 3.15. The SMILES string of the molecule is CCCCCCCCCC(=O)OCCCCCCCCCCO. The molecule has 0 aliphatic rings. The molecule has 0 heterocycles. The average Bonchev–Trinajstić information content (AvgIpc) is 2.55. The molecule has 3 heteroatoms. The maximum atomic E-state index is 11.6. The van der Waals surface area contributed by atoms with Crippen molar-refractivity contribution in [2.45, 2.75) is 110 Å². The molecule has 0 bridgehead atoms. The van der Waals surface area contributed by atoms with Gasteiger partial charge in [0.2, 0.25) is 0 Å². The maximum absolute atomic E-state index is 11.6. The van der Waals surface area contributed by atoms with Crippen molar-refractivity contribution in [2.24, 2.45) is 0 Å². The van der Waals surface area contributed by atoms with Crippen LogP contribution in [-0.2, 0) is 9.53 Å². The summed E-state index contributed by atoms with van der Waals surface area (Å²) < 4.78 is 5.28. The summed E-state index contributed by atoms with van der Waals surface area (Å²) in [6, 6.07) is 0. The lowest BCUT2D eigenvalue weighted by Crippen LogP contribution is -2.05. The minimum Gasteiger partial charge on any atom is -0.466 e. The highest BCUT2D eigenvalue weighted by Crippen LogP contribution is 2.10. The summed E-state index contributed by atoms with van der Waals surface area (Å²) in [6.07, 6.45) is 18.5. The standard InChI is InChI=1S/C20H40O3/c1-2-3-4-5-8-11-14-17-20(22)23-19-16-13-10-7-6-9-12-15-18-21/h21H,2-19H2,1H3. The number of unbranched alkanes of at least 4 members (excludes halogenated alkanes) is 13. The lowest BCUT2D eigenvalue weighted by molar-refractivity contribution is -0.143. The van der Waals surface area contributed by atoms with Crippen LogP contribution in [0.5, 0.6) is 0 Å². The van der Waals surface area contributed by atoms with Crippen LogP contribution in [0.2, 0.25) is 0 Å². The Bertz CT molecular complexity index is 241. The molecule has 0 spiro atoms. The summed E-state index contributed by atoms with van der Waals surface area (Å²) in [5.41, 5.74) is 0. The van der Waals surface area contributed by atoms with Crippen LogP contribution >= 0.6 is 0 Å². The number of ether oxygens (including phenoxy) is 1. The number of hydrogen-bond acceptors (Lipinski definition) is 3. The van der Waals surface area contributed by atoms with Gasteiger partial charge in [0.1, 0.15) is 0 Å². The number of carbonyl (C=O) groups is 1. The van der Waals surface area contributed by atoms with Crippen LogP contribution in [0.15, 0.2) is 0 Å². The smallest absolute Gasteiger partial charge is 0.305 e. The molecule has 138 valence electrons. The minimum atomic E-state index is -0.0115. The Hall–Kier alpha value is -0.570. The summed E-state index contributed by atoms with van der Waals surface area (Å²) in [7, 11) is 0. The zero-order valence-electron chi connectivity index (χ0n) is 15.5. The summed E-state index contributed by atoms with van der Waals surface area (Å²) in [5.74, 6) is -0.0115. The predicted octanol–water partition coefficient (Wildman–Crippen LogP) is 5.78. The fourth-order valence-corrected chi connectivity index (χ4v) is 2.76. The van der Waals surface area contributed by atoms with Gasteiger partial charge in [-0.3, -0.25) is 4.79 Å². The van der Waals surface area contributed by atoms with Crippen LogP contribution in [0.3, 0.4) is 0 Å². The average molecular weight is 329 g/mol. The van der Waals surface area contributed by atoms with E-state index in [1.165, 1.54) is 57.8 Å². The Morgan fingerprint density at radius 3 is 1.74 bits per heavy atom. The van der Waals surface area contributed by atoms with Gasteiger partial charge in [0.25, 0.3) is 0 Å². The molecule has 0 aromatic rings. The molecule has 0 atom stereocenters. The molecule has 0 aromatic heterocycles. The van der Waals surface area contributed by atoms with Crippen LogP contribution in [0.1, 0.15) is 110 Å². The zero-order chi connectivity index (χ0) is 17.0. The van der Waals surface area contributed by atoms with Gasteiger partial charge in [-0.2, -0.15) is 0 Å². The second-order valence-electron chi connectivity index (χ2n) is 6.64. The van der Waals surface area contributed by atoms with Crippen LogP contribution in [0.4, 0.5) is 0 Å². The highest BCUT2D eigenvalue weighted by atomic mass is 16.5. The third-order valence-corrected chi connectivity index (χ3v) is 4.30.